The second-order valence-corrected chi connectivity index (χ2v) is 4.23. The van der Waals surface area contributed by atoms with E-state index in [-0.39, 0.29) is 11.7 Å². The minimum Gasteiger partial charge on any atom is -0.326 e. The van der Waals surface area contributed by atoms with Gasteiger partial charge in [-0.1, -0.05) is 0 Å². The van der Waals surface area contributed by atoms with Crippen molar-refractivity contribution in [1.82, 2.24) is 5.32 Å². The van der Waals surface area contributed by atoms with Gasteiger partial charge in [-0.05, 0) is 43.8 Å². The van der Waals surface area contributed by atoms with E-state index < -0.39 is 0 Å². The fourth-order valence-electron chi connectivity index (χ4n) is 1.97. The molecule has 0 spiro atoms. The minimum atomic E-state index is -0.000202. The van der Waals surface area contributed by atoms with Gasteiger partial charge in [0.25, 0.3) is 0 Å². The van der Waals surface area contributed by atoms with Crippen molar-refractivity contribution in [2.75, 3.05) is 18.9 Å². The Balaban J connectivity index is 2.05. The maximum atomic E-state index is 11.9. The number of ketones is 1. The third-order valence-corrected chi connectivity index (χ3v) is 2.88. The molecule has 4 heteroatoms. The first-order valence-electron chi connectivity index (χ1n) is 5.81. The quantitative estimate of drug-likeness (QED) is 0.595. The Morgan fingerprint density at radius 1 is 1.47 bits per heavy atom. The van der Waals surface area contributed by atoms with Gasteiger partial charge in [-0.15, -0.1) is 0 Å². The summed E-state index contributed by atoms with van der Waals surface area (Å²) in [6.45, 7) is 0.844. The molecule has 4 nitrogen and oxygen atoms in total. The Kier molecular flexibility index (Phi) is 3.54. The number of amides is 1. The molecule has 2 rings (SSSR count). The molecule has 1 aromatic rings. The number of nitrogens with one attached hydrogen (secondary N) is 2. The number of hydrogen-bond donors (Lipinski definition) is 2. The van der Waals surface area contributed by atoms with Gasteiger partial charge in [0.15, 0.2) is 5.78 Å². The van der Waals surface area contributed by atoms with Crippen molar-refractivity contribution in [3.63, 3.8) is 0 Å². The highest BCUT2D eigenvalue weighted by Crippen LogP contribution is 2.24. The monoisotopic (exact) mass is 232 g/mol. The summed E-state index contributed by atoms with van der Waals surface area (Å²) in [5, 5.41) is 5.77. The predicted molar refractivity (Wildman–Crippen MR) is 66.3 cm³/mol. The summed E-state index contributed by atoms with van der Waals surface area (Å²) in [4.78, 5) is 23.1. The number of hydrogen-bond acceptors (Lipinski definition) is 3. The summed E-state index contributed by atoms with van der Waals surface area (Å²) in [5.41, 5.74) is 2.47. The maximum Gasteiger partial charge on any atom is 0.228 e. The number of carbonyl (C=O) groups excluding carboxylic acids is 2. The van der Waals surface area contributed by atoms with Crippen LogP contribution in [0.2, 0.25) is 0 Å². The van der Waals surface area contributed by atoms with Crippen molar-refractivity contribution in [2.45, 2.75) is 19.3 Å². The molecule has 0 fully saturated rings. The lowest BCUT2D eigenvalue weighted by Crippen LogP contribution is -2.10. The normalized spacial score (nSPS) is 13.4. The summed E-state index contributed by atoms with van der Waals surface area (Å²) in [6, 6.07) is 5.42. The van der Waals surface area contributed by atoms with Crippen molar-refractivity contribution in [1.29, 1.82) is 0 Å². The topological polar surface area (TPSA) is 58.2 Å². The fourth-order valence-corrected chi connectivity index (χ4v) is 1.97. The van der Waals surface area contributed by atoms with Crippen molar-refractivity contribution in [3.8, 4) is 0 Å². The zero-order valence-corrected chi connectivity index (χ0v) is 9.88. The number of Topliss-reactive ketones (excluding diaryl/α,β-unsaturated/α-hetero) is 1. The lowest BCUT2D eigenvalue weighted by Gasteiger charge is -2.03. The SMILES string of the molecule is CNCCCC(=O)c1ccc2c(c1)CC(=O)N2. The molecule has 0 saturated carbocycles. The number of fused-ring (bicyclic) bond motifs is 1. The standard InChI is InChI=1S/C13H16N2O2/c1-14-6-2-3-12(16)9-4-5-11-10(7-9)8-13(17)15-11/h4-5,7,14H,2-3,6,8H2,1H3,(H,15,17). The van der Waals surface area contributed by atoms with E-state index in [9.17, 15) is 9.59 Å². The molecule has 0 radical (unpaired) electrons. The van der Waals surface area contributed by atoms with E-state index in [1.165, 1.54) is 0 Å². The summed E-state index contributed by atoms with van der Waals surface area (Å²) in [6.07, 6.45) is 1.76. The molecule has 1 aliphatic heterocycles. The average molecular weight is 232 g/mol. The van der Waals surface area contributed by atoms with Crippen LogP contribution in [0, 0.1) is 0 Å². The number of carbonyl (C=O) groups is 2. The van der Waals surface area contributed by atoms with Crippen LogP contribution in [0.4, 0.5) is 5.69 Å². The maximum absolute atomic E-state index is 11.9. The van der Waals surface area contributed by atoms with Crippen molar-refractivity contribution in [2.24, 2.45) is 0 Å². The van der Waals surface area contributed by atoms with Gasteiger partial charge in [-0.3, -0.25) is 9.59 Å². The first kappa shape index (κ1) is 11.8. The highest BCUT2D eigenvalue weighted by Gasteiger charge is 2.18. The van der Waals surface area contributed by atoms with Gasteiger partial charge in [0.1, 0.15) is 0 Å². The summed E-state index contributed by atoms with van der Waals surface area (Å²) in [7, 11) is 1.87. The largest absolute Gasteiger partial charge is 0.326 e. The molecule has 0 aliphatic carbocycles. The van der Waals surface area contributed by atoms with Gasteiger partial charge >= 0.3 is 0 Å². The lowest BCUT2D eigenvalue weighted by molar-refractivity contribution is -0.115. The van der Waals surface area contributed by atoms with E-state index in [2.05, 4.69) is 10.6 Å². The Labute approximate surface area is 100 Å². The number of benzene rings is 1. The van der Waals surface area contributed by atoms with Crippen LogP contribution in [0.25, 0.3) is 0 Å². The van der Waals surface area contributed by atoms with Gasteiger partial charge in [0.2, 0.25) is 5.91 Å². The second kappa shape index (κ2) is 5.10. The van der Waals surface area contributed by atoms with Crippen molar-refractivity contribution >= 4 is 17.4 Å². The summed E-state index contributed by atoms with van der Waals surface area (Å²) < 4.78 is 0. The Bertz CT molecular complexity index is 455. The molecule has 17 heavy (non-hydrogen) atoms. The smallest absolute Gasteiger partial charge is 0.228 e. The van der Waals surface area contributed by atoms with Crippen LogP contribution in [0.15, 0.2) is 18.2 Å². The van der Waals surface area contributed by atoms with Gasteiger partial charge in [-0.2, -0.15) is 0 Å². The van der Waals surface area contributed by atoms with Crippen molar-refractivity contribution < 1.29 is 9.59 Å². The number of rotatable bonds is 5. The molecular formula is C13H16N2O2. The lowest BCUT2D eigenvalue weighted by atomic mass is 10.0. The molecule has 90 valence electrons. The van der Waals surface area contributed by atoms with Crippen LogP contribution in [0.1, 0.15) is 28.8 Å². The van der Waals surface area contributed by atoms with E-state index in [0.717, 1.165) is 24.2 Å². The first-order chi connectivity index (χ1) is 8.20. The van der Waals surface area contributed by atoms with E-state index in [4.69, 9.17) is 0 Å². The highest BCUT2D eigenvalue weighted by molar-refractivity contribution is 6.02. The first-order valence-corrected chi connectivity index (χ1v) is 5.81. The van der Waals surface area contributed by atoms with Crippen molar-refractivity contribution in [3.05, 3.63) is 29.3 Å². The molecule has 0 bridgehead atoms. The molecular weight excluding hydrogens is 216 g/mol. The highest BCUT2D eigenvalue weighted by atomic mass is 16.1. The van der Waals surface area contributed by atoms with Gasteiger partial charge in [0.05, 0.1) is 6.42 Å². The van der Waals surface area contributed by atoms with Gasteiger partial charge in [-0.25, -0.2) is 0 Å². The zero-order chi connectivity index (χ0) is 12.3. The van der Waals surface area contributed by atoms with Gasteiger partial charge in [0, 0.05) is 17.7 Å². The molecule has 1 aliphatic rings. The Morgan fingerprint density at radius 3 is 3.06 bits per heavy atom. The van der Waals surface area contributed by atoms with E-state index >= 15 is 0 Å². The Morgan fingerprint density at radius 2 is 2.29 bits per heavy atom. The molecule has 1 heterocycles. The van der Waals surface area contributed by atoms with E-state index in [1.807, 2.05) is 19.2 Å². The molecule has 0 aromatic heterocycles. The van der Waals surface area contributed by atoms with Crippen LogP contribution < -0.4 is 10.6 Å². The van der Waals surface area contributed by atoms with E-state index in [0.29, 0.717) is 18.4 Å². The van der Waals surface area contributed by atoms with Crippen LogP contribution in [0.5, 0.6) is 0 Å². The second-order valence-electron chi connectivity index (χ2n) is 4.23. The summed E-state index contributed by atoms with van der Waals surface area (Å²) >= 11 is 0. The molecule has 2 N–H and O–H groups in total. The molecule has 1 amide bonds. The number of anilines is 1. The van der Waals surface area contributed by atoms with Gasteiger partial charge < -0.3 is 10.6 Å². The van der Waals surface area contributed by atoms with Crippen LogP contribution >= 0.6 is 0 Å². The van der Waals surface area contributed by atoms with Crippen LogP contribution in [-0.2, 0) is 11.2 Å². The average Bonchev–Trinajstić information content (AvgIpc) is 2.68. The molecule has 0 unspecified atom stereocenters. The third-order valence-electron chi connectivity index (χ3n) is 2.88. The Hall–Kier alpha value is -1.68. The molecule has 0 saturated heterocycles. The predicted octanol–water partition coefficient (Wildman–Crippen LogP) is 1.36. The van der Waals surface area contributed by atoms with Crippen LogP contribution in [-0.4, -0.2) is 25.3 Å². The molecule has 1 aromatic carbocycles. The fraction of sp³-hybridized carbons (Fsp3) is 0.385. The minimum absolute atomic E-state index is 0.000202. The zero-order valence-electron chi connectivity index (χ0n) is 9.88. The van der Waals surface area contributed by atoms with E-state index in [1.54, 1.807) is 6.07 Å². The van der Waals surface area contributed by atoms with Crippen LogP contribution in [0.3, 0.4) is 0 Å². The molecule has 0 atom stereocenters. The third kappa shape index (κ3) is 2.71. The summed E-state index contributed by atoms with van der Waals surface area (Å²) in [5.74, 6) is 0.141.